The van der Waals surface area contributed by atoms with Crippen LogP contribution in [0.2, 0.25) is 5.02 Å². The molecule has 9 heteroatoms. The van der Waals surface area contributed by atoms with Gasteiger partial charge in [0.1, 0.15) is 5.82 Å². The lowest BCUT2D eigenvalue weighted by Gasteiger charge is -2.30. The van der Waals surface area contributed by atoms with Crippen LogP contribution in [0.15, 0.2) is 18.2 Å². The maximum atomic E-state index is 13.3. The number of hydrogen-bond donors (Lipinski definition) is 1. The number of amides is 1. The first-order valence-corrected chi connectivity index (χ1v) is 8.63. The molecule has 0 bridgehead atoms. The highest BCUT2D eigenvalue weighted by molar-refractivity contribution is 6.30. The van der Waals surface area contributed by atoms with Gasteiger partial charge in [-0.3, -0.25) is 9.59 Å². The molecule has 0 atom stereocenters. The van der Waals surface area contributed by atoms with Crippen LogP contribution < -0.4 is 0 Å². The zero-order valence-electron chi connectivity index (χ0n) is 14.2. The number of carbonyl (C=O) groups is 2. The van der Waals surface area contributed by atoms with Gasteiger partial charge in [-0.2, -0.15) is 0 Å². The summed E-state index contributed by atoms with van der Waals surface area (Å²) in [7, 11) is 0. The summed E-state index contributed by atoms with van der Waals surface area (Å²) in [4.78, 5) is 25.2. The third-order valence-electron chi connectivity index (χ3n) is 4.61. The molecule has 0 spiro atoms. The van der Waals surface area contributed by atoms with Crippen LogP contribution in [0.4, 0.5) is 4.39 Å². The summed E-state index contributed by atoms with van der Waals surface area (Å²) >= 11 is 5.80. The van der Waals surface area contributed by atoms with Crippen molar-refractivity contribution in [1.29, 1.82) is 0 Å². The Morgan fingerprint density at radius 1 is 1.35 bits per heavy atom. The average molecular weight is 381 g/mol. The molecule has 1 aromatic carbocycles. The van der Waals surface area contributed by atoms with E-state index in [1.165, 1.54) is 22.9 Å². The Kier molecular flexibility index (Phi) is 5.22. The number of piperidine rings is 1. The van der Waals surface area contributed by atoms with Crippen molar-refractivity contribution in [2.24, 2.45) is 5.92 Å². The van der Waals surface area contributed by atoms with Gasteiger partial charge in [0, 0.05) is 19.5 Å². The zero-order chi connectivity index (χ0) is 18.8. The molecule has 0 unspecified atom stereocenters. The molecule has 2 heterocycles. The first-order valence-electron chi connectivity index (χ1n) is 8.25. The van der Waals surface area contributed by atoms with Crippen LogP contribution in [0.1, 0.15) is 35.4 Å². The molecule has 0 saturated carbocycles. The van der Waals surface area contributed by atoms with Gasteiger partial charge in [0.2, 0.25) is 0 Å². The summed E-state index contributed by atoms with van der Waals surface area (Å²) in [6.07, 6.45) is 1.43. The number of halogens is 2. The van der Waals surface area contributed by atoms with Gasteiger partial charge in [-0.25, -0.2) is 9.07 Å². The Morgan fingerprint density at radius 2 is 2.04 bits per heavy atom. The average Bonchev–Trinajstić information content (AvgIpc) is 2.98. The van der Waals surface area contributed by atoms with E-state index in [2.05, 4.69) is 10.3 Å². The van der Waals surface area contributed by atoms with Gasteiger partial charge in [-0.1, -0.05) is 16.8 Å². The molecule has 7 nitrogen and oxygen atoms in total. The lowest BCUT2D eigenvalue weighted by Crippen LogP contribution is -2.39. The number of rotatable bonds is 4. The van der Waals surface area contributed by atoms with Crippen LogP contribution in [0.5, 0.6) is 0 Å². The number of benzene rings is 1. The molecule has 1 aliphatic heterocycles. The molecule has 1 amide bonds. The molecular weight excluding hydrogens is 363 g/mol. The number of aromatic nitrogens is 3. The van der Waals surface area contributed by atoms with Crippen LogP contribution >= 0.6 is 11.6 Å². The van der Waals surface area contributed by atoms with Gasteiger partial charge in [-0.05, 0) is 43.9 Å². The molecule has 1 N–H and O–H groups in total. The Balaban J connectivity index is 1.74. The van der Waals surface area contributed by atoms with Crippen molar-refractivity contribution in [1.82, 2.24) is 19.9 Å². The minimum atomic E-state index is -0.813. The summed E-state index contributed by atoms with van der Waals surface area (Å²) in [5.41, 5.74) is 1.27. The van der Waals surface area contributed by atoms with Crippen LogP contribution in [0.25, 0.3) is 5.69 Å². The first kappa shape index (κ1) is 18.3. The summed E-state index contributed by atoms with van der Waals surface area (Å²) < 4.78 is 14.8. The number of likely N-dealkylation sites (tertiary alicyclic amines) is 1. The van der Waals surface area contributed by atoms with E-state index in [1.54, 1.807) is 11.8 Å². The highest BCUT2D eigenvalue weighted by Gasteiger charge is 2.28. The fourth-order valence-corrected chi connectivity index (χ4v) is 3.30. The topological polar surface area (TPSA) is 88.3 Å². The van der Waals surface area contributed by atoms with E-state index in [0.717, 1.165) is 0 Å². The highest BCUT2D eigenvalue weighted by atomic mass is 35.5. The van der Waals surface area contributed by atoms with Crippen LogP contribution in [-0.4, -0.2) is 50.0 Å². The number of carbonyl (C=O) groups excluding carboxylic acids is 1. The highest BCUT2D eigenvalue weighted by Crippen LogP contribution is 2.23. The van der Waals surface area contributed by atoms with E-state index in [1.807, 2.05) is 0 Å². The second-order valence-corrected chi connectivity index (χ2v) is 6.77. The molecule has 2 aromatic rings. The maximum Gasteiger partial charge on any atom is 0.303 e. The van der Waals surface area contributed by atoms with Crippen molar-refractivity contribution in [3.05, 3.63) is 40.4 Å². The maximum absolute atomic E-state index is 13.3. The van der Waals surface area contributed by atoms with Crippen molar-refractivity contribution < 1.29 is 19.1 Å². The predicted molar refractivity (Wildman–Crippen MR) is 91.9 cm³/mol. The lowest BCUT2D eigenvalue weighted by molar-refractivity contribution is -0.138. The third-order valence-corrected chi connectivity index (χ3v) is 4.90. The fourth-order valence-electron chi connectivity index (χ4n) is 3.13. The Bertz CT molecular complexity index is 847. The molecule has 0 aliphatic carbocycles. The van der Waals surface area contributed by atoms with Gasteiger partial charge < -0.3 is 10.0 Å². The van der Waals surface area contributed by atoms with E-state index in [4.69, 9.17) is 16.7 Å². The second kappa shape index (κ2) is 7.41. The fraction of sp³-hybridized carbons (Fsp3) is 0.412. The monoisotopic (exact) mass is 380 g/mol. The molecule has 1 saturated heterocycles. The van der Waals surface area contributed by atoms with Gasteiger partial charge in [0.05, 0.1) is 16.4 Å². The van der Waals surface area contributed by atoms with Gasteiger partial charge in [0.25, 0.3) is 5.91 Å². The second-order valence-electron chi connectivity index (χ2n) is 6.37. The van der Waals surface area contributed by atoms with E-state index in [0.29, 0.717) is 37.3 Å². The Labute approximate surface area is 154 Å². The summed E-state index contributed by atoms with van der Waals surface area (Å²) in [6, 6.07) is 4.16. The Morgan fingerprint density at radius 3 is 2.65 bits per heavy atom. The van der Waals surface area contributed by atoms with E-state index >= 15 is 0 Å². The molecule has 1 aromatic heterocycles. The molecule has 1 fully saturated rings. The molecule has 3 rings (SSSR count). The van der Waals surface area contributed by atoms with Gasteiger partial charge >= 0.3 is 5.97 Å². The summed E-state index contributed by atoms with van der Waals surface area (Å²) in [5.74, 6) is -1.49. The van der Waals surface area contributed by atoms with Crippen LogP contribution in [0, 0.1) is 18.7 Å². The Hall–Kier alpha value is -2.48. The minimum absolute atomic E-state index is 0.0363. The van der Waals surface area contributed by atoms with Crippen molar-refractivity contribution in [3.8, 4) is 5.69 Å². The van der Waals surface area contributed by atoms with E-state index in [-0.39, 0.29) is 29.0 Å². The largest absolute Gasteiger partial charge is 0.481 e. The van der Waals surface area contributed by atoms with E-state index in [9.17, 15) is 14.0 Å². The third kappa shape index (κ3) is 3.70. The summed E-state index contributed by atoms with van der Waals surface area (Å²) in [5, 5.41) is 16.8. The van der Waals surface area contributed by atoms with Crippen LogP contribution in [0.3, 0.4) is 0 Å². The van der Waals surface area contributed by atoms with Gasteiger partial charge in [-0.15, -0.1) is 5.10 Å². The lowest BCUT2D eigenvalue weighted by atomic mass is 9.93. The van der Waals surface area contributed by atoms with Crippen molar-refractivity contribution in [3.63, 3.8) is 0 Å². The SMILES string of the molecule is Cc1c(C(=O)N2CCC(CC(=O)O)CC2)nnn1-c1ccc(F)c(Cl)c1. The molecule has 1 aliphatic rings. The quantitative estimate of drug-likeness (QED) is 0.881. The number of carboxylic acids is 1. The molecular formula is C17H18ClFN4O3. The number of nitrogens with zero attached hydrogens (tertiary/aromatic N) is 4. The van der Waals surface area contributed by atoms with Crippen molar-refractivity contribution in [2.45, 2.75) is 26.2 Å². The van der Waals surface area contributed by atoms with Crippen molar-refractivity contribution in [2.75, 3.05) is 13.1 Å². The number of hydrogen-bond acceptors (Lipinski definition) is 4. The van der Waals surface area contributed by atoms with E-state index < -0.39 is 11.8 Å². The standard InChI is InChI=1S/C17H18ClFN4O3/c1-10-16(17(26)22-6-4-11(5-7-22)8-15(24)25)20-21-23(10)12-2-3-14(19)13(18)9-12/h2-3,9,11H,4-8H2,1H3,(H,24,25). The predicted octanol–water partition coefficient (Wildman–Crippen LogP) is 2.70. The normalized spacial score (nSPS) is 15.3. The van der Waals surface area contributed by atoms with Crippen molar-refractivity contribution >= 4 is 23.5 Å². The molecule has 0 radical (unpaired) electrons. The van der Waals surface area contributed by atoms with Gasteiger partial charge in [0.15, 0.2) is 5.69 Å². The minimum Gasteiger partial charge on any atom is -0.481 e. The summed E-state index contributed by atoms with van der Waals surface area (Å²) in [6.45, 7) is 2.69. The first-order chi connectivity index (χ1) is 12.4. The number of aliphatic carboxylic acids is 1. The zero-order valence-corrected chi connectivity index (χ0v) is 14.9. The van der Waals surface area contributed by atoms with Crippen LogP contribution in [-0.2, 0) is 4.79 Å². The molecule has 26 heavy (non-hydrogen) atoms. The number of carboxylic acid groups (broad SMARTS) is 1. The molecule has 138 valence electrons. The smallest absolute Gasteiger partial charge is 0.303 e.